The number of alkyl halides is 1. The van der Waals surface area contributed by atoms with E-state index < -0.39 is 0 Å². The lowest BCUT2D eigenvalue weighted by molar-refractivity contribution is -0.120. The molecular formula is C13H17BrN2O2. The van der Waals surface area contributed by atoms with Crippen LogP contribution in [0.2, 0.25) is 0 Å². The Morgan fingerprint density at radius 1 is 1.28 bits per heavy atom. The topological polar surface area (TPSA) is 58.2 Å². The van der Waals surface area contributed by atoms with E-state index in [1.165, 1.54) is 0 Å². The number of anilines is 1. The maximum Gasteiger partial charge on any atom is 0.237 e. The molecule has 1 aromatic carbocycles. The lowest BCUT2D eigenvalue weighted by atomic mass is 10.1. The minimum absolute atomic E-state index is 0.00312. The van der Waals surface area contributed by atoms with E-state index in [1.54, 1.807) is 19.1 Å². The molecule has 0 aromatic heterocycles. The number of benzene rings is 1. The van der Waals surface area contributed by atoms with Gasteiger partial charge in [0, 0.05) is 12.2 Å². The van der Waals surface area contributed by atoms with Gasteiger partial charge in [-0.1, -0.05) is 28.1 Å². The molecule has 0 saturated carbocycles. The first-order chi connectivity index (χ1) is 8.52. The van der Waals surface area contributed by atoms with Gasteiger partial charge in [0.15, 0.2) is 0 Å². The summed E-state index contributed by atoms with van der Waals surface area (Å²) in [5.74, 6) is -0.0881. The van der Waals surface area contributed by atoms with Crippen LogP contribution in [-0.2, 0) is 16.0 Å². The Morgan fingerprint density at radius 3 is 2.39 bits per heavy atom. The fraction of sp³-hybridized carbons (Fsp3) is 0.385. The van der Waals surface area contributed by atoms with Crippen LogP contribution in [0.4, 0.5) is 5.69 Å². The molecule has 1 aromatic rings. The average molecular weight is 313 g/mol. The van der Waals surface area contributed by atoms with Crippen LogP contribution in [0.5, 0.6) is 0 Å². The van der Waals surface area contributed by atoms with Crippen molar-refractivity contribution in [1.29, 1.82) is 0 Å². The maximum absolute atomic E-state index is 11.4. The number of carbonyl (C=O) groups excluding carboxylic acids is 2. The lowest BCUT2D eigenvalue weighted by Crippen LogP contribution is -2.24. The van der Waals surface area contributed by atoms with Crippen LogP contribution in [0.3, 0.4) is 0 Å². The Labute approximate surface area is 115 Å². The zero-order valence-electron chi connectivity index (χ0n) is 10.5. The van der Waals surface area contributed by atoms with Crippen molar-refractivity contribution in [2.45, 2.75) is 25.1 Å². The average Bonchev–Trinajstić information content (AvgIpc) is 2.31. The van der Waals surface area contributed by atoms with Crippen molar-refractivity contribution in [1.82, 2.24) is 5.32 Å². The first kappa shape index (κ1) is 14.7. The van der Waals surface area contributed by atoms with Crippen molar-refractivity contribution in [2.75, 3.05) is 11.9 Å². The molecule has 0 bridgehead atoms. The zero-order chi connectivity index (χ0) is 13.5. The Kier molecular flexibility index (Phi) is 5.85. The maximum atomic E-state index is 11.4. The summed E-state index contributed by atoms with van der Waals surface area (Å²) < 4.78 is 0. The summed E-state index contributed by atoms with van der Waals surface area (Å²) in [6.45, 7) is 4.28. The first-order valence-corrected chi connectivity index (χ1v) is 6.75. The number of amides is 2. The van der Waals surface area contributed by atoms with E-state index in [4.69, 9.17) is 0 Å². The predicted octanol–water partition coefficient (Wildman–Crippen LogP) is 2.09. The van der Waals surface area contributed by atoms with Crippen molar-refractivity contribution in [3.05, 3.63) is 29.8 Å². The highest BCUT2D eigenvalue weighted by atomic mass is 79.9. The second-order valence-corrected chi connectivity index (χ2v) is 5.31. The Morgan fingerprint density at radius 2 is 1.89 bits per heavy atom. The van der Waals surface area contributed by atoms with Gasteiger partial charge in [-0.15, -0.1) is 0 Å². The highest BCUT2D eigenvalue weighted by Gasteiger charge is 2.08. The monoisotopic (exact) mass is 312 g/mol. The Balaban J connectivity index is 2.57. The van der Waals surface area contributed by atoms with Gasteiger partial charge < -0.3 is 10.6 Å². The zero-order valence-corrected chi connectivity index (χ0v) is 12.1. The van der Waals surface area contributed by atoms with Crippen LogP contribution in [0.15, 0.2) is 24.3 Å². The van der Waals surface area contributed by atoms with E-state index in [9.17, 15) is 9.59 Å². The van der Waals surface area contributed by atoms with E-state index in [-0.39, 0.29) is 16.6 Å². The van der Waals surface area contributed by atoms with Crippen molar-refractivity contribution >= 4 is 33.4 Å². The molecule has 0 spiro atoms. The fourth-order valence-corrected chi connectivity index (χ4v) is 1.51. The number of halogens is 1. The Bertz CT molecular complexity index is 416. The van der Waals surface area contributed by atoms with Crippen molar-refractivity contribution in [3.8, 4) is 0 Å². The molecule has 0 aliphatic heterocycles. The van der Waals surface area contributed by atoms with Gasteiger partial charge in [0.1, 0.15) is 0 Å². The molecule has 5 heteroatoms. The molecule has 0 saturated heterocycles. The third-order valence-electron chi connectivity index (χ3n) is 2.32. The van der Waals surface area contributed by atoms with Gasteiger partial charge in [-0.2, -0.15) is 0 Å². The van der Waals surface area contributed by atoms with Crippen LogP contribution < -0.4 is 10.6 Å². The van der Waals surface area contributed by atoms with E-state index >= 15 is 0 Å². The summed E-state index contributed by atoms with van der Waals surface area (Å²) in [5.41, 5.74) is 1.65. The SMILES string of the molecule is CCNC(=O)Cc1ccc(NC(=O)C(C)Br)cc1. The molecule has 1 unspecified atom stereocenters. The molecule has 0 aliphatic carbocycles. The number of carbonyl (C=O) groups is 2. The third kappa shape index (κ3) is 4.87. The molecule has 0 aliphatic rings. The molecule has 4 nitrogen and oxygen atoms in total. The van der Waals surface area contributed by atoms with E-state index in [1.807, 2.05) is 19.1 Å². The summed E-state index contributed by atoms with van der Waals surface area (Å²) >= 11 is 3.20. The normalized spacial score (nSPS) is 11.7. The van der Waals surface area contributed by atoms with E-state index in [0.717, 1.165) is 11.3 Å². The molecule has 98 valence electrons. The van der Waals surface area contributed by atoms with Gasteiger partial charge in [0.2, 0.25) is 11.8 Å². The highest BCUT2D eigenvalue weighted by Crippen LogP contribution is 2.11. The summed E-state index contributed by atoms with van der Waals surface area (Å²) in [6.07, 6.45) is 0.358. The molecule has 2 N–H and O–H groups in total. The summed E-state index contributed by atoms with van der Waals surface area (Å²) in [5, 5.41) is 5.50. The summed E-state index contributed by atoms with van der Waals surface area (Å²) in [4.78, 5) is 22.6. The van der Waals surface area contributed by atoms with E-state index in [0.29, 0.717) is 13.0 Å². The first-order valence-electron chi connectivity index (χ1n) is 5.83. The molecule has 1 atom stereocenters. The van der Waals surface area contributed by atoms with Crippen molar-refractivity contribution in [3.63, 3.8) is 0 Å². The lowest BCUT2D eigenvalue weighted by Gasteiger charge is -2.07. The van der Waals surface area contributed by atoms with Crippen LogP contribution in [0.1, 0.15) is 19.4 Å². The smallest absolute Gasteiger partial charge is 0.237 e. The van der Waals surface area contributed by atoms with Crippen molar-refractivity contribution in [2.24, 2.45) is 0 Å². The summed E-state index contributed by atoms with van der Waals surface area (Å²) in [6, 6.07) is 7.26. The quantitative estimate of drug-likeness (QED) is 0.818. The molecule has 0 fully saturated rings. The molecule has 2 amide bonds. The van der Waals surface area contributed by atoms with Gasteiger partial charge in [-0.3, -0.25) is 9.59 Å². The molecule has 0 radical (unpaired) electrons. The summed E-state index contributed by atoms with van der Waals surface area (Å²) in [7, 11) is 0. The van der Waals surface area contributed by atoms with Crippen LogP contribution in [0.25, 0.3) is 0 Å². The van der Waals surface area contributed by atoms with Gasteiger partial charge >= 0.3 is 0 Å². The Hall–Kier alpha value is -1.36. The largest absolute Gasteiger partial charge is 0.356 e. The van der Waals surface area contributed by atoms with E-state index in [2.05, 4.69) is 26.6 Å². The number of nitrogens with one attached hydrogen (secondary N) is 2. The number of hydrogen-bond donors (Lipinski definition) is 2. The molecule has 0 heterocycles. The second kappa shape index (κ2) is 7.16. The number of rotatable bonds is 5. The fourth-order valence-electron chi connectivity index (χ4n) is 1.39. The van der Waals surface area contributed by atoms with Crippen LogP contribution >= 0.6 is 15.9 Å². The standard InChI is InChI=1S/C13H17BrN2O2/c1-3-15-12(17)8-10-4-6-11(7-5-10)16-13(18)9(2)14/h4-7,9H,3,8H2,1-2H3,(H,15,17)(H,16,18). The number of hydrogen-bond acceptors (Lipinski definition) is 2. The third-order valence-corrected chi connectivity index (χ3v) is 2.74. The van der Waals surface area contributed by atoms with Gasteiger partial charge in [-0.05, 0) is 31.5 Å². The highest BCUT2D eigenvalue weighted by molar-refractivity contribution is 9.10. The predicted molar refractivity (Wildman–Crippen MR) is 75.8 cm³/mol. The van der Waals surface area contributed by atoms with Gasteiger partial charge in [0.05, 0.1) is 11.2 Å². The van der Waals surface area contributed by atoms with Crippen molar-refractivity contribution < 1.29 is 9.59 Å². The minimum atomic E-state index is -0.229. The van der Waals surface area contributed by atoms with Crippen LogP contribution in [-0.4, -0.2) is 23.2 Å². The molecule has 1 rings (SSSR count). The molecule has 18 heavy (non-hydrogen) atoms. The van der Waals surface area contributed by atoms with Gasteiger partial charge in [0.25, 0.3) is 0 Å². The molecular weight excluding hydrogens is 296 g/mol. The number of likely N-dealkylation sites (N-methyl/N-ethyl adjacent to an activating group) is 1. The minimum Gasteiger partial charge on any atom is -0.356 e. The second-order valence-electron chi connectivity index (χ2n) is 3.93. The van der Waals surface area contributed by atoms with Gasteiger partial charge in [-0.25, -0.2) is 0 Å². The van der Waals surface area contributed by atoms with Crippen LogP contribution in [0, 0.1) is 0 Å².